The first kappa shape index (κ1) is 18.9. The minimum absolute atomic E-state index is 0.182. The first-order chi connectivity index (χ1) is 15.2. The van der Waals surface area contributed by atoms with Gasteiger partial charge >= 0.3 is 0 Å². The summed E-state index contributed by atoms with van der Waals surface area (Å²) in [6.45, 7) is 1.66. The van der Waals surface area contributed by atoms with Gasteiger partial charge in [0.25, 0.3) is 0 Å². The molecular formula is C24H19FN6. The highest BCUT2D eigenvalue weighted by Crippen LogP contribution is 2.27. The Balaban J connectivity index is 1.34. The molecule has 0 fully saturated rings. The van der Waals surface area contributed by atoms with E-state index in [2.05, 4.69) is 26.3 Å². The molecule has 0 amide bonds. The molecule has 3 heterocycles. The third-order valence-corrected chi connectivity index (χ3v) is 5.53. The normalized spacial score (nSPS) is 13.0. The summed E-state index contributed by atoms with van der Waals surface area (Å²) < 4.78 is 15.2. The predicted octanol–water partition coefficient (Wildman–Crippen LogP) is 4.21. The third-order valence-electron chi connectivity index (χ3n) is 5.53. The zero-order valence-electron chi connectivity index (χ0n) is 16.7. The van der Waals surface area contributed by atoms with Gasteiger partial charge in [0.05, 0.1) is 11.6 Å². The summed E-state index contributed by atoms with van der Waals surface area (Å²) in [6.07, 6.45) is 3.94. The highest BCUT2D eigenvalue weighted by atomic mass is 19.1. The lowest BCUT2D eigenvalue weighted by atomic mass is 10.0. The Morgan fingerprint density at radius 3 is 2.84 bits per heavy atom. The Morgan fingerprint density at radius 2 is 1.94 bits per heavy atom. The number of anilines is 2. The summed E-state index contributed by atoms with van der Waals surface area (Å²) >= 11 is 0. The van der Waals surface area contributed by atoms with Crippen molar-refractivity contribution in [1.29, 1.82) is 5.26 Å². The van der Waals surface area contributed by atoms with Crippen molar-refractivity contribution in [2.45, 2.75) is 19.5 Å². The molecule has 0 aliphatic carbocycles. The zero-order valence-corrected chi connectivity index (χ0v) is 16.7. The second kappa shape index (κ2) is 8.00. The molecule has 2 aromatic carbocycles. The van der Waals surface area contributed by atoms with E-state index in [1.165, 1.54) is 6.33 Å². The molecule has 7 heteroatoms. The Hall–Kier alpha value is -4.05. The zero-order chi connectivity index (χ0) is 21.2. The van der Waals surface area contributed by atoms with Crippen LogP contribution >= 0.6 is 0 Å². The van der Waals surface area contributed by atoms with Crippen LogP contribution in [0.2, 0.25) is 0 Å². The maximum Gasteiger partial charge on any atom is 0.207 e. The fourth-order valence-corrected chi connectivity index (χ4v) is 3.91. The van der Waals surface area contributed by atoms with Gasteiger partial charge < -0.3 is 10.2 Å². The number of benzene rings is 2. The van der Waals surface area contributed by atoms with Gasteiger partial charge in [-0.3, -0.25) is 4.98 Å². The summed E-state index contributed by atoms with van der Waals surface area (Å²) in [5, 5.41) is 14.2. The number of nitrogens with zero attached hydrogens (tertiary/aromatic N) is 5. The highest BCUT2D eigenvalue weighted by molar-refractivity contribution is 5.84. The van der Waals surface area contributed by atoms with Crippen LogP contribution in [0.4, 0.5) is 16.0 Å². The van der Waals surface area contributed by atoms with E-state index in [0.717, 1.165) is 34.0 Å². The maximum atomic E-state index is 15.2. The molecular weight excluding hydrogens is 391 g/mol. The van der Waals surface area contributed by atoms with Gasteiger partial charge in [0.15, 0.2) is 11.6 Å². The van der Waals surface area contributed by atoms with Crippen LogP contribution in [0.5, 0.6) is 0 Å². The molecule has 31 heavy (non-hydrogen) atoms. The first-order valence-electron chi connectivity index (χ1n) is 10.1. The minimum Gasteiger partial charge on any atom is -0.363 e. The molecule has 0 saturated heterocycles. The van der Waals surface area contributed by atoms with Crippen LogP contribution in [0.25, 0.3) is 10.8 Å². The van der Waals surface area contributed by atoms with Gasteiger partial charge in [-0.15, -0.1) is 0 Å². The van der Waals surface area contributed by atoms with E-state index in [9.17, 15) is 0 Å². The first-order valence-corrected chi connectivity index (χ1v) is 10.1. The summed E-state index contributed by atoms with van der Waals surface area (Å²) in [5.41, 5.74) is 3.78. The summed E-state index contributed by atoms with van der Waals surface area (Å²) in [5.74, 6) is 0.0331. The van der Waals surface area contributed by atoms with Crippen LogP contribution in [-0.4, -0.2) is 21.5 Å². The molecule has 0 atom stereocenters. The van der Waals surface area contributed by atoms with Crippen LogP contribution in [0.3, 0.4) is 0 Å². The van der Waals surface area contributed by atoms with Gasteiger partial charge in [0, 0.05) is 37.9 Å². The lowest BCUT2D eigenvalue weighted by Crippen LogP contribution is -2.32. The van der Waals surface area contributed by atoms with E-state index in [1.807, 2.05) is 47.4 Å². The maximum absolute atomic E-state index is 15.2. The number of rotatable bonds is 4. The number of halogens is 1. The van der Waals surface area contributed by atoms with E-state index in [1.54, 1.807) is 12.3 Å². The van der Waals surface area contributed by atoms with E-state index in [0.29, 0.717) is 31.0 Å². The van der Waals surface area contributed by atoms with Gasteiger partial charge in [-0.2, -0.15) is 9.65 Å². The number of fused-ring (bicyclic) bond motifs is 2. The predicted molar refractivity (Wildman–Crippen MR) is 117 cm³/mol. The molecule has 1 aliphatic heterocycles. The summed E-state index contributed by atoms with van der Waals surface area (Å²) in [4.78, 5) is 14.6. The summed E-state index contributed by atoms with van der Waals surface area (Å²) in [6, 6.07) is 17.6. The molecule has 0 unspecified atom stereocenters. The van der Waals surface area contributed by atoms with E-state index in [-0.39, 0.29) is 5.82 Å². The molecule has 6 nitrogen and oxygen atoms in total. The molecule has 2 aromatic heterocycles. The fourth-order valence-electron chi connectivity index (χ4n) is 3.91. The Kier molecular flexibility index (Phi) is 4.89. The average Bonchev–Trinajstić information content (AvgIpc) is 2.82. The van der Waals surface area contributed by atoms with Crippen molar-refractivity contribution in [3.8, 4) is 6.07 Å². The highest BCUT2D eigenvalue weighted by Gasteiger charge is 2.22. The van der Waals surface area contributed by atoms with Crippen molar-refractivity contribution < 1.29 is 4.39 Å². The van der Waals surface area contributed by atoms with E-state index >= 15 is 4.39 Å². The number of hydrogen-bond acceptors (Lipinski definition) is 6. The largest absolute Gasteiger partial charge is 0.363 e. The van der Waals surface area contributed by atoms with Crippen LogP contribution in [0.15, 0.2) is 61.1 Å². The monoisotopic (exact) mass is 410 g/mol. The molecule has 0 bridgehead atoms. The van der Waals surface area contributed by atoms with Gasteiger partial charge in [0.1, 0.15) is 6.33 Å². The van der Waals surface area contributed by atoms with E-state index in [4.69, 9.17) is 5.26 Å². The summed E-state index contributed by atoms with van der Waals surface area (Å²) in [7, 11) is 0. The third kappa shape index (κ3) is 3.76. The minimum atomic E-state index is -0.450. The SMILES string of the molecule is N#Cc1ccc2cc(CNc3ncnc(N4CCc5ncccc5C4)c3F)ccc2c1. The second-order valence-electron chi connectivity index (χ2n) is 7.50. The second-order valence-corrected chi connectivity index (χ2v) is 7.50. The lowest BCUT2D eigenvalue weighted by Gasteiger charge is -2.29. The van der Waals surface area contributed by atoms with Crippen molar-refractivity contribution in [2.24, 2.45) is 0 Å². The van der Waals surface area contributed by atoms with Crippen molar-refractivity contribution in [3.05, 3.63) is 89.3 Å². The fraction of sp³-hybridized carbons (Fsp3) is 0.167. The van der Waals surface area contributed by atoms with Crippen molar-refractivity contribution in [3.63, 3.8) is 0 Å². The number of pyridine rings is 1. The Bertz CT molecular complexity index is 1310. The van der Waals surface area contributed by atoms with Crippen molar-refractivity contribution in [2.75, 3.05) is 16.8 Å². The van der Waals surface area contributed by atoms with Crippen molar-refractivity contribution in [1.82, 2.24) is 15.0 Å². The molecule has 1 aliphatic rings. The smallest absolute Gasteiger partial charge is 0.207 e. The number of nitriles is 1. The van der Waals surface area contributed by atoms with Gasteiger partial charge in [0.2, 0.25) is 5.82 Å². The standard InChI is InChI=1S/C24H19FN6/c25-22-23(28-13-17-4-6-18-10-16(12-26)3-5-19(18)11-17)29-15-30-24(22)31-9-7-21-20(14-31)2-1-8-27-21/h1-6,8,10-11,15H,7,9,13-14H2,(H,28,29,30). The molecule has 1 N–H and O–H groups in total. The average molecular weight is 410 g/mol. The molecule has 5 rings (SSSR count). The van der Waals surface area contributed by atoms with Crippen molar-refractivity contribution >= 4 is 22.4 Å². The molecule has 0 spiro atoms. The topological polar surface area (TPSA) is 77.7 Å². The number of nitrogens with one attached hydrogen (secondary N) is 1. The van der Waals surface area contributed by atoms with E-state index < -0.39 is 5.82 Å². The lowest BCUT2D eigenvalue weighted by molar-refractivity contribution is 0.595. The molecule has 0 saturated carbocycles. The van der Waals surface area contributed by atoms with Gasteiger partial charge in [-0.25, -0.2) is 9.97 Å². The van der Waals surface area contributed by atoms with Gasteiger partial charge in [-0.05, 0) is 46.2 Å². The Labute approximate surface area is 179 Å². The van der Waals surface area contributed by atoms with Crippen LogP contribution in [0, 0.1) is 17.1 Å². The van der Waals surface area contributed by atoms with Crippen LogP contribution < -0.4 is 10.2 Å². The molecule has 152 valence electrons. The Morgan fingerprint density at radius 1 is 1.06 bits per heavy atom. The molecule has 4 aromatic rings. The quantitative estimate of drug-likeness (QED) is 0.543. The van der Waals surface area contributed by atoms with Crippen LogP contribution in [-0.2, 0) is 19.5 Å². The number of aromatic nitrogens is 3. The van der Waals surface area contributed by atoms with Crippen LogP contribution in [0.1, 0.15) is 22.4 Å². The van der Waals surface area contributed by atoms with Gasteiger partial charge in [-0.1, -0.05) is 24.3 Å². The number of hydrogen-bond donors (Lipinski definition) is 1. The molecule has 0 radical (unpaired) electrons.